The highest BCUT2D eigenvalue weighted by Crippen LogP contribution is 2.38. The van der Waals surface area contributed by atoms with Crippen LogP contribution in [-0.2, 0) is 21.7 Å². The number of hydrogen-bond donors (Lipinski definition) is 2. The minimum absolute atomic E-state index is 0.160. The van der Waals surface area contributed by atoms with Gasteiger partial charge in [0.15, 0.2) is 27.2 Å². The van der Waals surface area contributed by atoms with Crippen LogP contribution >= 0.6 is 0 Å². The van der Waals surface area contributed by atoms with E-state index in [2.05, 4.69) is 30.6 Å². The van der Waals surface area contributed by atoms with Gasteiger partial charge >= 0.3 is 0 Å². The maximum atomic E-state index is 15.1. The molecular formula is C22H23FN8O4S. The molecule has 0 spiro atoms. The van der Waals surface area contributed by atoms with Crippen LogP contribution in [0.15, 0.2) is 41.6 Å². The van der Waals surface area contributed by atoms with E-state index in [0.717, 1.165) is 22.9 Å². The molecule has 0 aliphatic carbocycles. The van der Waals surface area contributed by atoms with Crippen molar-refractivity contribution in [1.82, 2.24) is 29.9 Å². The fraction of sp³-hybridized carbons (Fsp3) is 0.227. The highest BCUT2D eigenvalue weighted by Gasteiger charge is 2.27. The lowest BCUT2D eigenvalue weighted by Crippen LogP contribution is -2.26. The molecule has 0 unspecified atom stereocenters. The molecule has 12 nitrogen and oxygen atoms in total. The van der Waals surface area contributed by atoms with Crippen molar-refractivity contribution in [3.63, 3.8) is 0 Å². The average molecular weight is 515 g/mol. The lowest BCUT2D eigenvalue weighted by atomic mass is 10.2. The van der Waals surface area contributed by atoms with Crippen LogP contribution in [0.25, 0.3) is 11.3 Å². The molecule has 1 amide bonds. The summed E-state index contributed by atoms with van der Waals surface area (Å²) in [7, 11) is -0.499. The number of carbonyl (C=O) groups is 1. The average Bonchev–Trinajstić information content (AvgIpc) is 3.41. The molecule has 0 saturated heterocycles. The molecule has 2 N–H and O–H groups in total. The summed E-state index contributed by atoms with van der Waals surface area (Å²) in [5.41, 5.74) is 1.40. The Bertz CT molecular complexity index is 1560. The lowest BCUT2D eigenvalue weighted by Gasteiger charge is -2.22. The molecule has 1 aromatic carbocycles. The summed E-state index contributed by atoms with van der Waals surface area (Å²) in [6, 6.07) is 4.98. The molecule has 4 rings (SSSR count). The molecule has 0 saturated carbocycles. The van der Waals surface area contributed by atoms with Gasteiger partial charge in [-0.2, -0.15) is 15.2 Å². The molecule has 36 heavy (non-hydrogen) atoms. The van der Waals surface area contributed by atoms with Crippen LogP contribution in [-0.4, -0.2) is 57.6 Å². The normalized spacial score (nSPS) is 11.4. The van der Waals surface area contributed by atoms with Crippen molar-refractivity contribution < 1.29 is 22.3 Å². The van der Waals surface area contributed by atoms with Gasteiger partial charge in [0.05, 0.1) is 23.9 Å². The zero-order valence-electron chi connectivity index (χ0n) is 20.1. The third-order valence-electron chi connectivity index (χ3n) is 5.09. The van der Waals surface area contributed by atoms with Gasteiger partial charge in [-0.3, -0.25) is 14.6 Å². The maximum absolute atomic E-state index is 15.1. The Morgan fingerprint density at radius 1 is 1.25 bits per heavy atom. The van der Waals surface area contributed by atoms with Crippen LogP contribution in [0.5, 0.6) is 5.75 Å². The number of amides is 1. The number of aryl methyl sites for hydroxylation is 2. The van der Waals surface area contributed by atoms with Gasteiger partial charge in [0.1, 0.15) is 11.5 Å². The summed E-state index contributed by atoms with van der Waals surface area (Å²) < 4.78 is 46.0. The molecular weight excluding hydrogens is 491 g/mol. The van der Waals surface area contributed by atoms with E-state index in [0.29, 0.717) is 11.4 Å². The zero-order valence-corrected chi connectivity index (χ0v) is 20.9. The van der Waals surface area contributed by atoms with Crippen LogP contribution in [0.1, 0.15) is 12.6 Å². The third-order valence-corrected chi connectivity index (χ3v) is 6.20. The molecule has 14 heteroatoms. The number of anilines is 4. The first-order valence-electron chi connectivity index (χ1n) is 10.5. The maximum Gasteiger partial charge on any atom is 0.239 e. The van der Waals surface area contributed by atoms with E-state index in [1.54, 1.807) is 30.2 Å². The molecule has 0 aliphatic rings. The Labute approximate surface area is 206 Å². The van der Waals surface area contributed by atoms with Gasteiger partial charge in [-0.1, -0.05) is 0 Å². The van der Waals surface area contributed by atoms with Crippen molar-refractivity contribution >= 4 is 39.0 Å². The molecule has 0 aliphatic heterocycles. The van der Waals surface area contributed by atoms with Crippen molar-refractivity contribution in [1.29, 1.82) is 0 Å². The number of benzene rings is 1. The van der Waals surface area contributed by atoms with Gasteiger partial charge < -0.3 is 10.1 Å². The molecule has 0 atom stereocenters. The number of aromatic amines is 1. The Morgan fingerprint density at radius 3 is 2.53 bits per heavy atom. The minimum atomic E-state index is -3.66. The number of nitrogens with one attached hydrogen (secondary N) is 2. The van der Waals surface area contributed by atoms with Crippen LogP contribution < -0.4 is 15.0 Å². The quantitative estimate of drug-likeness (QED) is 0.380. The molecule has 0 radical (unpaired) electrons. The number of ether oxygens (including phenoxy) is 1. The molecule has 3 aromatic heterocycles. The number of hydrogen-bond acceptors (Lipinski definition) is 9. The number of methoxy groups -OCH3 is 1. The molecule has 0 bridgehead atoms. The Morgan fingerprint density at radius 2 is 2.00 bits per heavy atom. The van der Waals surface area contributed by atoms with Gasteiger partial charge in [0.2, 0.25) is 11.9 Å². The first kappa shape index (κ1) is 24.8. The summed E-state index contributed by atoms with van der Waals surface area (Å²) in [5, 5.41) is 14.2. The number of rotatable bonds is 7. The Balaban J connectivity index is 1.93. The summed E-state index contributed by atoms with van der Waals surface area (Å²) in [6.45, 7) is 3.04. The fourth-order valence-corrected chi connectivity index (χ4v) is 4.11. The first-order chi connectivity index (χ1) is 17.0. The van der Waals surface area contributed by atoms with Crippen LogP contribution in [0.4, 0.5) is 27.7 Å². The summed E-state index contributed by atoms with van der Waals surface area (Å²) in [4.78, 5) is 22.4. The monoisotopic (exact) mass is 514 g/mol. The van der Waals surface area contributed by atoms with Crippen LogP contribution in [0, 0.1) is 12.7 Å². The van der Waals surface area contributed by atoms with E-state index in [1.807, 2.05) is 6.92 Å². The smallest absolute Gasteiger partial charge is 0.239 e. The largest absolute Gasteiger partial charge is 0.491 e. The third kappa shape index (κ3) is 4.88. The standard InChI is InChI=1S/C22H23FN8O4S/c1-12-8-18(29-28-12)25-21-20(35-4)19(14-10-24-30(3)11-14)26-22(27-21)31(13(2)32)17-7-6-15(9-16(17)23)36(5,33)34/h6-11H,1-5H3,(H2,25,26,27,28,29). The first-order valence-corrected chi connectivity index (χ1v) is 12.4. The van der Waals surface area contributed by atoms with Crippen LogP contribution in [0.2, 0.25) is 0 Å². The predicted molar refractivity (Wildman–Crippen MR) is 130 cm³/mol. The number of carbonyl (C=O) groups excluding carboxylic acids is 1. The van der Waals surface area contributed by atoms with Gasteiger partial charge in [-0.05, 0) is 25.1 Å². The predicted octanol–water partition coefficient (Wildman–Crippen LogP) is 2.89. The van der Waals surface area contributed by atoms with E-state index in [4.69, 9.17) is 4.74 Å². The van der Waals surface area contributed by atoms with Crippen molar-refractivity contribution in [3.05, 3.63) is 48.2 Å². The molecule has 188 valence electrons. The van der Waals surface area contributed by atoms with Crippen molar-refractivity contribution in [2.24, 2.45) is 7.05 Å². The minimum Gasteiger partial charge on any atom is -0.491 e. The Kier molecular flexibility index (Phi) is 6.45. The second-order valence-corrected chi connectivity index (χ2v) is 9.97. The summed E-state index contributed by atoms with van der Waals surface area (Å²) >= 11 is 0. The van der Waals surface area contributed by atoms with E-state index in [1.165, 1.54) is 26.2 Å². The second-order valence-electron chi connectivity index (χ2n) is 7.96. The highest BCUT2D eigenvalue weighted by atomic mass is 32.2. The Hall–Kier alpha value is -4.33. The van der Waals surface area contributed by atoms with Gasteiger partial charge in [-0.15, -0.1) is 0 Å². The molecule has 3 heterocycles. The van der Waals surface area contributed by atoms with Gasteiger partial charge in [0.25, 0.3) is 0 Å². The van der Waals surface area contributed by atoms with E-state index in [-0.39, 0.29) is 33.8 Å². The van der Waals surface area contributed by atoms with Gasteiger partial charge in [-0.25, -0.2) is 22.7 Å². The van der Waals surface area contributed by atoms with E-state index in [9.17, 15) is 13.2 Å². The van der Waals surface area contributed by atoms with Crippen molar-refractivity contribution in [2.75, 3.05) is 23.6 Å². The van der Waals surface area contributed by atoms with Crippen LogP contribution in [0.3, 0.4) is 0 Å². The van der Waals surface area contributed by atoms with Crippen molar-refractivity contribution in [3.8, 4) is 17.0 Å². The van der Waals surface area contributed by atoms with Crippen molar-refractivity contribution in [2.45, 2.75) is 18.7 Å². The SMILES string of the molecule is COc1c(Nc2cc(C)[nH]n2)nc(N(C(C)=O)c2ccc(S(C)(=O)=O)cc2F)nc1-c1cnn(C)c1. The van der Waals surface area contributed by atoms with E-state index >= 15 is 4.39 Å². The number of nitrogens with zero attached hydrogens (tertiary/aromatic N) is 6. The number of sulfone groups is 1. The number of halogens is 1. The summed E-state index contributed by atoms with van der Waals surface area (Å²) in [5.74, 6) is -0.901. The van der Waals surface area contributed by atoms with Gasteiger partial charge in [0, 0.05) is 43.7 Å². The summed E-state index contributed by atoms with van der Waals surface area (Å²) in [6.07, 6.45) is 4.21. The molecule has 4 aromatic rings. The molecule has 0 fully saturated rings. The highest BCUT2D eigenvalue weighted by molar-refractivity contribution is 7.90. The second kappa shape index (κ2) is 9.37. The zero-order chi connectivity index (χ0) is 26.2. The van der Waals surface area contributed by atoms with E-state index < -0.39 is 21.6 Å². The lowest BCUT2D eigenvalue weighted by molar-refractivity contribution is -0.115. The topological polar surface area (TPSA) is 148 Å². The number of aromatic nitrogens is 6. The number of H-pyrrole nitrogens is 1. The fourth-order valence-electron chi connectivity index (χ4n) is 3.48.